The third kappa shape index (κ3) is 43.1. The number of thiocyanates is 1. The molecule has 0 aliphatic carbocycles. The SMILES string of the molecule is N#CO.N#C[S-].Oc1ccccc1.[C-]#N.[N-]=C=O.[Ni+2].[Ni+2].[Ni+2].[Ni+2].[Ni].[Ni].[c-]1c(-c2ccccn2)cccc1-c1ccccn1.[c-]1c(-c2ccccn2)cccc1-c1ccccn1.[c-]1c(-c2ccccn2)cccc1-c1ccccn1.[c-]1c(-c2ccccn2)cccc1-c1ccccn1.[c-]1c(-c2ccccn2)cccc1-c1ccccn1.[c-]1c(-c2ccccn2)cccc1-c1ccccn1.c1ccc([N-]c2ccccc2)cc1. The molecule has 0 fully saturated rings. The van der Waals surface area contributed by atoms with Crippen LogP contribution >= 0.6 is 0 Å². The van der Waals surface area contributed by atoms with Crippen molar-refractivity contribution in [3.05, 3.63) is 547 Å². The van der Waals surface area contributed by atoms with Crippen LogP contribution in [0, 0.1) is 70.4 Å². The number of hydrogen-bond donors (Lipinski definition) is 2. The Bertz CT molecular complexity index is 5880. The summed E-state index contributed by atoms with van der Waals surface area (Å²) in [4.78, 5) is 60.2. The van der Waals surface area contributed by atoms with Crippen molar-refractivity contribution in [3.8, 4) is 152 Å². The number of isocyanates is 1. The third-order valence-corrected chi connectivity index (χ3v) is 18.6. The molecule has 9 aromatic carbocycles. The number of hydrogen-bond acceptors (Lipinski definition) is 19. The molecule has 21 rings (SSSR count). The molecule has 145 heavy (non-hydrogen) atoms. The van der Waals surface area contributed by atoms with Gasteiger partial charge in [-0.1, -0.05) is 297 Å². The minimum Gasteiger partial charge on any atom is -0.724 e. The fourth-order valence-corrected chi connectivity index (χ4v) is 12.5. The molecule has 27 heteroatoms. The molecule has 0 aliphatic rings. The summed E-state index contributed by atoms with van der Waals surface area (Å²) >= 11 is 3.70. The molecule has 20 nitrogen and oxygen atoms in total. The maximum absolute atomic E-state index is 8.63. The Morgan fingerprint density at radius 3 is 0.441 bits per heavy atom. The number of nitriles is 2. The van der Waals surface area contributed by atoms with Crippen LogP contribution in [0.4, 0.5) is 11.4 Å². The summed E-state index contributed by atoms with van der Waals surface area (Å²) < 4.78 is 0. The molecule has 21 aromatic rings. The second kappa shape index (κ2) is 72.5. The van der Waals surface area contributed by atoms with E-state index >= 15 is 0 Å². The number of aromatic nitrogens is 12. The molecule has 0 radical (unpaired) electrons. The maximum atomic E-state index is 8.63. The van der Waals surface area contributed by atoms with Crippen molar-refractivity contribution in [2.24, 2.45) is 0 Å². The molecule has 0 spiro atoms. The Hall–Kier alpha value is -16.8. The zero-order valence-corrected chi connectivity index (χ0v) is 83.2. The quantitative estimate of drug-likeness (QED) is 0.0255. The van der Waals surface area contributed by atoms with Gasteiger partial charge in [0.25, 0.3) is 6.26 Å². The first-order valence-corrected chi connectivity index (χ1v) is 43.0. The second-order valence-electron chi connectivity index (χ2n) is 27.8. The van der Waals surface area contributed by atoms with Gasteiger partial charge in [0.1, 0.15) is 5.75 Å². The molecule has 0 atom stereocenters. The van der Waals surface area contributed by atoms with E-state index in [2.05, 4.69) is 114 Å². The van der Waals surface area contributed by atoms with E-state index in [1.165, 1.54) is 5.40 Å². The van der Waals surface area contributed by atoms with Crippen LogP contribution in [0.25, 0.3) is 146 Å². The summed E-state index contributed by atoms with van der Waals surface area (Å²) in [5.41, 5.74) is 24.9. The molecular weight excluding hydrogens is 2090 g/mol. The van der Waals surface area contributed by atoms with Gasteiger partial charge in [-0.2, -0.15) is 5.26 Å². The van der Waals surface area contributed by atoms with Crippen molar-refractivity contribution < 1.29 is 114 Å². The number of aliphatic hydroxyl groups excluding tert-OH is 1. The van der Waals surface area contributed by atoms with Crippen molar-refractivity contribution in [2.75, 3.05) is 0 Å². The van der Waals surface area contributed by atoms with E-state index in [4.69, 9.17) is 42.8 Å². The Labute approximate surface area is 910 Å². The molecular formula is C118H83N17Ni6O3S-2. The summed E-state index contributed by atoms with van der Waals surface area (Å²) in [6.45, 7) is 4.75. The van der Waals surface area contributed by atoms with E-state index in [0.717, 1.165) is 153 Å². The normalized spacial score (nSPS) is 9.05. The van der Waals surface area contributed by atoms with Gasteiger partial charge in [0.05, 0.1) is 0 Å². The third-order valence-electron chi connectivity index (χ3n) is 18.6. The number of aliphatic hydroxyl groups is 1. The standard InChI is InChI=1S/6C16H11N2.C12H10N.C6H6O.CHNO.CNO.CHNS.CN.6Ni/c6*1-3-10-17-15(8-1)13-6-5-7-14(12-13)16-9-2-4-11-18-16;1-3-7-11(8-4-1)13-12-9-5-2-6-10-12;7-6-4-2-1-3-5-6;3*2-1-3;1-2;;;;;;/h6*1-11H;1-10H;1-5,7H;3H;;3H;;;;;;;/q7*-1;;;-1;;-1;;;4*+2/p-1. The number of pyridine rings is 12. The minimum absolute atomic E-state index is 0. The molecule has 12 heterocycles. The van der Waals surface area contributed by atoms with Gasteiger partial charge < -0.3 is 45.4 Å². The predicted octanol–water partition coefficient (Wildman–Crippen LogP) is 26.9. The van der Waals surface area contributed by atoms with Gasteiger partial charge in [-0.3, -0.25) is 64.6 Å². The van der Waals surface area contributed by atoms with Gasteiger partial charge >= 0.3 is 66.0 Å². The van der Waals surface area contributed by atoms with Crippen LogP contribution in [0.2, 0.25) is 0 Å². The maximum Gasteiger partial charge on any atom is 2.00 e. The zero-order valence-electron chi connectivity index (χ0n) is 76.5. The Morgan fingerprint density at radius 2 is 0.345 bits per heavy atom. The first-order valence-electron chi connectivity index (χ1n) is 42.6. The fraction of sp³-hybridized carbons (Fsp3) is 0. The van der Waals surface area contributed by atoms with Crippen LogP contribution in [0.5, 0.6) is 5.75 Å². The van der Waals surface area contributed by atoms with Gasteiger partial charge in [0, 0.05) is 176 Å². The van der Waals surface area contributed by atoms with Crippen LogP contribution in [0.3, 0.4) is 0 Å². The number of nitrogens with zero attached hydrogens (tertiary/aromatic N) is 17. The molecule has 0 saturated carbocycles. The Balaban J connectivity index is 0.000000341. The van der Waals surface area contributed by atoms with E-state index in [1.807, 2.05) is 394 Å². The van der Waals surface area contributed by atoms with Gasteiger partial charge in [0.2, 0.25) is 0 Å². The monoisotopic (exact) mass is 2170 g/mol. The van der Waals surface area contributed by atoms with Crippen LogP contribution in [-0.4, -0.2) is 76.1 Å². The van der Waals surface area contributed by atoms with Crippen molar-refractivity contribution in [1.29, 1.82) is 15.8 Å². The van der Waals surface area contributed by atoms with Gasteiger partial charge in [-0.25, -0.2) is 5.26 Å². The largest absolute Gasteiger partial charge is 2.00 e. The number of carbonyl (C=O) groups excluding carboxylic acids is 1. The first-order chi connectivity index (χ1) is 68.7. The van der Waals surface area contributed by atoms with E-state index in [0.29, 0.717) is 11.8 Å². The Kier molecular flexibility index (Phi) is 60.2. The minimum atomic E-state index is 0. The fourth-order valence-electron chi connectivity index (χ4n) is 12.5. The van der Waals surface area contributed by atoms with E-state index < -0.39 is 0 Å². The number of phenols is 1. The van der Waals surface area contributed by atoms with Gasteiger partial charge in [-0.05, 0) is 91.0 Å². The average Bonchev–Trinajstić information content (AvgIpc) is 0.859. The molecule has 0 unspecified atom stereocenters. The molecule has 0 bridgehead atoms. The van der Waals surface area contributed by atoms with Gasteiger partial charge in [0.15, 0.2) is 0 Å². The predicted molar refractivity (Wildman–Crippen MR) is 549 cm³/mol. The van der Waals surface area contributed by atoms with Crippen molar-refractivity contribution in [3.63, 3.8) is 0 Å². The number of rotatable bonds is 14. The second-order valence-corrected chi connectivity index (χ2v) is 28.0. The summed E-state index contributed by atoms with van der Waals surface area (Å²) in [7, 11) is 0. The van der Waals surface area contributed by atoms with Crippen molar-refractivity contribution >= 4 is 30.1 Å². The number of phenolic OH excluding ortho intramolecular Hbond substituents is 1. The van der Waals surface area contributed by atoms with Crippen LogP contribution in [0.15, 0.2) is 493 Å². The average molecular weight is 2170 g/mol. The first kappa shape index (κ1) is 121. The van der Waals surface area contributed by atoms with Crippen molar-refractivity contribution in [2.45, 2.75) is 0 Å². The zero-order chi connectivity index (χ0) is 97.4. The number of benzene rings is 9. The molecule has 12 aromatic heterocycles. The molecule has 2 N–H and O–H groups in total. The number of aromatic hydroxyl groups is 1. The summed E-state index contributed by atoms with van der Waals surface area (Å²) in [5, 5.41) is 48.3. The van der Waals surface area contributed by atoms with E-state index in [-0.39, 0.29) is 98.9 Å². The van der Waals surface area contributed by atoms with Gasteiger partial charge in [-0.15, -0.1) is 157 Å². The van der Waals surface area contributed by atoms with E-state index in [1.54, 1.807) is 98.6 Å². The topological polar surface area (TPSA) is 320 Å². The van der Waals surface area contributed by atoms with Crippen LogP contribution < -0.4 is 0 Å². The summed E-state index contributed by atoms with van der Waals surface area (Å²) in [6, 6.07) is 155. The van der Waals surface area contributed by atoms with Crippen LogP contribution in [-0.2, 0) is 116 Å². The molecule has 0 saturated heterocycles. The van der Waals surface area contributed by atoms with Crippen LogP contribution in [0.1, 0.15) is 0 Å². The summed E-state index contributed by atoms with van der Waals surface area (Å²) in [5.74, 6) is 0.322. The Morgan fingerprint density at radius 1 is 0.234 bits per heavy atom. The molecule has 0 amide bonds. The smallest absolute Gasteiger partial charge is 0.724 e. The number of para-hydroxylation sites is 3. The van der Waals surface area contributed by atoms with E-state index in [9.17, 15) is 0 Å². The summed E-state index contributed by atoms with van der Waals surface area (Å²) in [6.07, 6.45) is 22.7. The molecule has 0 aliphatic heterocycles. The van der Waals surface area contributed by atoms with Crippen molar-refractivity contribution in [1.82, 2.24) is 59.8 Å². The molecule has 726 valence electrons.